The van der Waals surface area contributed by atoms with E-state index < -0.39 is 0 Å². The third-order valence-electron chi connectivity index (χ3n) is 3.07. The first kappa shape index (κ1) is 13.3. The Kier molecular flexibility index (Phi) is 4.82. The van der Waals surface area contributed by atoms with Gasteiger partial charge in [-0.3, -0.25) is 0 Å². The van der Waals surface area contributed by atoms with Crippen molar-refractivity contribution in [3.8, 4) is 0 Å². The van der Waals surface area contributed by atoms with Gasteiger partial charge in [-0.2, -0.15) is 0 Å². The minimum absolute atomic E-state index is 0.583. The molecule has 1 aliphatic heterocycles. The molecule has 0 saturated carbocycles. The number of rotatable bonds is 4. The molecule has 0 radical (unpaired) electrons. The van der Waals surface area contributed by atoms with Crippen molar-refractivity contribution in [2.24, 2.45) is 5.92 Å². The van der Waals surface area contributed by atoms with Gasteiger partial charge in [0.05, 0.1) is 0 Å². The van der Waals surface area contributed by atoms with Gasteiger partial charge in [-0.15, -0.1) is 11.3 Å². The molecule has 1 unspecified atom stereocenters. The summed E-state index contributed by atoms with van der Waals surface area (Å²) in [6.07, 6.45) is 2.62. The molecule has 1 fully saturated rings. The maximum absolute atomic E-state index is 4.50. The van der Waals surface area contributed by atoms with Gasteiger partial charge in [-0.05, 0) is 41.2 Å². The van der Waals surface area contributed by atoms with E-state index in [-0.39, 0.29) is 0 Å². The predicted octanol–water partition coefficient (Wildman–Crippen LogP) is 3.12. The molecule has 0 aliphatic carbocycles. The molecule has 0 aromatic carbocycles. The van der Waals surface area contributed by atoms with E-state index in [9.17, 15) is 0 Å². The van der Waals surface area contributed by atoms with Gasteiger partial charge in [-0.1, -0.05) is 13.8 Å². The van der Waals surface area contributed by atoms with Gasteiger partial charge in [0.2, 0.25) is 0 Å². The normalized spacial score (nSPS) is 21.2. The van der Waals surface area contributed by atoms with E-state index in [1.807, 2.05) is 0 Å². The van der Waals surface area contributed by atoms with Gasteiger partial charge < -0.3 is 10.2 Å². The van der Waals surface area contributed by atoms with Crippen molar-refractivity contribution in [2.45, 2.75) is 32.7 Å². The molecule has 0 amide bonds. The Morgan fingerprint density at radius 1 is 1.65 bits per heavy atom. The number of piperidine rings is 1. The number of thiazole rings is 1. The van der Waals surface area contributed by atoms with Crippen molar-refractivity contribution in [1.82, 2.24) is 10.3 Å². The molecule has 5 heteroatoms. The van der Waals surface area contributed by atoms with E-state index in [2.05, 4.69) is 50.4 Å². The average Bonchev–Trinajstić information content (AvgIpc) is 2.74. The Bertz CT molecular complexity index is 353. The van der Waals surface area contributed by atoms with Gasteiger partial charge in [0, 0.05) is 24.5 Å². The highest BCUT2D eigenvalue weighted by Gasteiger charge is 2.21. The second kappa shape index (κ2) is 6.16. The fourth-order valence-corrected chi connectivity index (χ4v) is 3.49. The number of nitrogens with zero attached hydrogens (tertiary/aromatic N) is 2. The van der Waals surface area contributed by atoms with Crippen molar-refractivity contribution in [1.29, 1.82) is 0 Å². The van der Waals surface area contributed by atoms with Gasteiger partial charge in [0.25, 0.3) is 0 Å². The summed E-state index contributed by atoms with van der Waals surface area (Å²) >= 11 is 5.15. The van der Waals surface area contributed by atoms with Gasteiger partial charge >= 0.3 is 0 Å². The summed E-state index contributed by atoms with van der Waals surface area (Å²) in [5.41, 5.74) is 0. The van der Waals surface area contributed by atoms with Crippen LogP contribution in [0.3, 0.4) is 0 Å². The molecule has 17 heavy (non-hydrogen) atoms. The lowest BCUT2D eigenvalue weighted by Gasteiger charge is -2.33. The van der Waals surface area contributed by atoms with Crippen LogP contribution in [0.25, 0.3) is 0 Å². The summed E-state index contributed by atoms with van der Waals surface area (Å²) in [6, 6.07) is 0.583. The summed E-state index contributed by atoms with van der Waals surface area (Å²) in [5.74, 6) is 0.758. The summed E-state index contributed by atoms with van der Waals surface area (Å²) in [4.78, 5) is 6.93. The first-order chi connectivity index (χ1) is 8.15. The van der Waals surface area contributed by atoms with Crippen molar-refractivity contribution < 1.29 is 0 Å². The standard InChI is InChI=1S/C12H20BrN3S/c1-9(2)14-6-10-4-3-5-16(7-10)12-15-11(13)8-17-12/h8-10,14H,3-7H2,1-2H3. The van der Waals surface area contributed by atoms with Crippen LogP contribution in [0.2, 0.25) is 0 Å². The maximum Gasteiger partial charge on any atom is 0.186 e. The fraction of sp³-hybridized carbons (Fsp3) is 0.750. The van der Waals surface area contributed by atoms with E-state index in [0.29, 0.717) is 6.04 Å². The van der Waals surface area contributed by atoms with Crippen molar-refractivity contribution in [2.75, 3.05) is 24.5 Å². The van der Waals surface area contributed by atoms with Crippen LogP contribution in [-0.4, -0.2) is 30.7 Å². The van der Waals surface area contributed by atoms with Gasteiger partial charge in [0.1, 0.15) is 4.60 Å². The highest BCUT2D eigenvalue weighted by molar-refractivity contribution is 9.10. The third-order valence-corrected chi connectivity index (χ3v) is 4.68. The molecule has 1 atom stereocenters. The quantitative estimate of drug-likeness (QED) is 0.924. The zero-order valence-electron chi connectivity index (χ0n) is 10.4. The molecule has 2 rings (SSSR count). The molecule has 0 spiro atoms. The van der Waals surface area contributed by atoms with Crippen LogP contribution in [0.5, 0.6) is 0 Å². The van der Waals surface area contributed by atoms with E-state index >= 15 is 0 Å². The van der Waals surface area contributed by atoms with Gasteiger partial charge in [-0.25, -0.2) is 4.98 Å². The van der Waals surface area contributed by atoms with Crippen molar-refractivity contribution >= 4 is 32.4 Å². The highest BCUT2D eigenvalue weighted by atomic mass is 79.9. The molecule has 3 nitrogen and oxygen atoms in total. The first-order valence-corrected chi connectivity index (χ1v) is 7.92. The largest absolute Gasteiger partial charge is 0.348 e. The van der Waals surface area contributed by atoms with Crippen LogP contribution < -0.4 is 10.2 Å². The lowest BCUT2D eigenvalue weighted by atomic mass is 9.98. The van der Waals surface area contributed by atoms with E-state index in [1.54, 1.807) is 11.3 Å². The Morgan fingerprint density at radius 3 is 3.12 bits per heavy atom. The Hall–Kier alpha value is -0.130. The molecule has 1 N–H and O–H groups in total. The van der Waals surface area contributed by atoms with Crippen LogP contribution >= 0.6 is 27.3 Å². The van der Waals surface area contributed by atoms with Crippen LogP contribution in [0.15, 0.2) is 9.98 Å². The molecule has 0 bridgehead atoms. The van der Waals surface area contributed by atoms with E-state index in [1.165, 1.54) is 12.8 Å². The number of aromatic nitrogens is 1. The lowest BCUT2D eigenvalue weighted by Crippen LogP contribution is -2.41. The zero-order valence-corrected chi connectivity index (χ0v) is 12.9. The Labute approximate surface area is 116 Å². The molecule has 1 aliphatic rings. The van der Waals surface area contributed by atoms with E-state index in [4.69, 9.17) is 0 Å². The van der Waals surface area contributed by atoms with Crippen LogP contribution in [-0.2, 0) is 0 Å². The molecular weight excluding hydrogens is 298 g/mol. The Morgan fingerprint density at radius 2 is 2.47 bits per heavy atom. The molecule has 1 saturated heterocycles. The smallest absolute Gasteiger partial charge is 0.186 e. The van der Waals surface area contributed by atoms with Crippen molar-refractivity contribution in [3.05, 3.63) is 9.98 Å². The molecule has 96 valence electrons. The Balaban J connectivity index is 1.88. The second-order valence-corrected chi connectivity index (χ2v) is 6.62. The monoisotopic (exact) mass is 317 g/mol. The number of nitrogens with one attached hydrogen (secondary N) is 1. The van der Waals surface area contributed by atoms with Gasteiger partial charge in [0.15, 0.2) is 5.13 Å². The molecule has 1 aromatic heterocycles. The minimum Gasteiger partial charge on any atom is -0.348 e. The SMILES string of the molecule is CC(C)NCC1CCCN(c2nc(Br)cs2)C1. The summed E-state index contributed by atoms with van der Waals surface area (Å²) in [6.45, 7) is 7.83. The summed E-state index contributed by atoms with van der Waals surface area (Å²) < 4.78 is 0.958. The predicted molar refractivity (Wildman–Crippen MR) is 77.9 cm³/mol. The second-order valence-electron chi connectivity index (χ2n) is 4.97. The summed E-state index contributed by atoms with van der Waals surface area (Å²) in [5, 5.41) is 6.76. The highest BCUT2D eigenvalue weighted by Crippen LogP contribution is 2.27. The maximum atomic E-state index is 4.50. The molecule has 2 heterocycles. The fourth-order valence-electron chi connectivity index (χ4n) is 2.20. The van der Waals surface area contributed by atoms with Crippen LogP contribution in [0.4, 0.5) is 5.13 Å². The number of anilines is 1. The van der Waals surface area contributed by atoms with Crippen LogP contribution in [0.1, 0.15) is 26.7 Å². The van der Waals surface area contributed by atoms with Crippen LogP contribution in [0, 0.1) is 5.92 Å². The average molecular weight is 318 g/mol. The lowest BCUT2D eigenvalue weighted by molar-refractivity contribution is 0.379. The number of halogens is 1. The van der Waals surface area contributed by atoms with E-state index in [0.717, 1.165) is 35.3 Å². The topological polar surface area (TPSA) is 28.2 Å². The molecule has 1 aromatic rings. The number of hydrogen-bond donors (Lipinski definition) is 1. The third kappa shape index (κ3) is 3.93. The first-order valence-electron chi connectivity index (χ1n) is 6.24. The minimum atomic E-state index is 0.583. The zero-order chi connectivity index (χ0) is 12.3. The molecular formula is C12H20BrN3S. The summed E-state index contributed by atoms with van der Waals surface area (Å²) in [7, 11) is 0. The number of hydrogen-bond acceptors (Lipinski definition) is 4. The van der Waals surface area contributed by atoms with Crippen molar-refractivity contribution in [3.63, 3.8) is 0 Å².